The molecule has 98 valence electrons. The second-order valence-corrected chi connectivity index (χ2v) is 6.55. The zero-order valence-corrected chi connectivity index (χ0v) is 12.9. The van der Waals surface area contributed by atoms with Crippen molar-refractivity contribution in [3.8, 4) is 0 Å². The second-order valence-electron chi connectivity index (χ2n) is 4.19. The van der Waals surface area contributed by atoms with Gasteiger partial charge in [-0.15, -0.1) is 11.3 Å². The summed E-state index contributed by atoms with van der Waals surface area (Å²) >= 11 is 10.7. The Labute approximate surface area is 127 Å². The molecule has 0 aromatic carbocycles. The topological polar surface area (TPSA) is 54.9 Å². The van der Waals surface area contributed by atoms with Gasteiger partial charge in [-0.2, -0.15) is 0 Å². The first kappa shape index (κ1) is 13.0. The number of anilines is 1. The van der Waals surface area contributed by atoms with Gasteiger partial charge in [-0.25, -0.2) is 9.97 Å². The van der Waals surface area contributed by atoms with Gasteiger partial charge in [-0.3, -0.25) is 10.1 Å². The van der Waals surface area contributed by atoms with E-state index >= 15 is 0 Å². The minimum Gasteiger partial charge on any atom is -0.298 e. The molecule has 1 aliphatic rings. The molecule has 0 radical (unpaired) electrons. The fourth-order valence-electron chi connectivity index (χ4n) is 1.99. The van der Waals surface area contributed by atoms with E-state index in [9.17, 15) is 4.79 Å². The van der Waals surface area contributed by atoms with E-state index in [0.29, 0.717) is 15.2 Å². The maximum atomic E-state index is 12.1. The molecule has 3 rings (SSSR count). The first-order valence-electron chi connectivity index (χ1n) is 5.74. The number of rotatable bonds is 2. The number of nitrogens with one attached hydrogen (secondary N) is 1. The number of hydrogen-bond acceptors (Lipinski definition) is 4. The van der Waals surface area contributed by atoms with Crippen LogP contribution >= 0.6 is 38.9 Å². The van der Waals surface area contributed by atoms with Crippen molar-refractivity contribution < 1.29 is 4.79 Å². The lowest BCUT2D eigenvalue weighted by molar-refractivity contribution is 0.102. The Hall–Kier alpha value is -0.980. The number of fused-ring (bicyclic) bond motifs is 1. The molecule has 1 N–H and O–H groups in total. The summed E-state index contributed by atoms with van der Waals surface area (Å²) in [4.78, 5) is 21.7. The third-order valence-corrected chi connectivity index (χ3v) is 4.67. The number of halogens is 2. The SMILES string of the molecule is O=C(Nc1nc2c(s1)CCC2)c1cc(Br)cnc1Cl. The van der Waals surface area contributed by atoms with Crippen molar-refractivity contribution in [3.63, 3.8) is 0 Å². The summed E-state index contributed by atoms with van der Waals surface area (Å²) in [5, 5.41) is 3.59. The molecular weight excluding hydrogens is 350 g/mol. The van der Waals surface area contributed by atoms with Crippen LogP contribution in [0, 0.1) is 0 Å². The maximum absolute atomic E-state index is 12.1. The number of amides is 1. The van der Waals surface area contributed by atoms with Crippen molar-refractivity contribution in [3.05, 3.63) is 38.0 Å². The highest BCUT2D eigenvalue weighted by Crippen LogP contribution is 2.31. The Morgan fingerprint density at radius 2 is 2.32 bits per heavy atom. The molecule has 0 bridgehead atoms. The van der Waals surface area contributed by atoms with Crippen molar-refractivity contribution in [2.45, 2.75) is 19.3 Å². The Bertz CT molecular complexity index is 637. The molecule has 2 aromatic heterocycles. The maximum Gasteiger partial charge on any atom is 0.260 e. The van der Waals surface area contributed by atoms with Crippen LogP contribution in [-0.2, 0) is 12.8 Å². The van der Waals surface area contributed by atoms with Crippen LogP contribution in [-0.4, -0.2) is 15.9 Å². The summed E-state index contributed by atoms with van der Waals surface area (Å²) in [5.41, 5.74) is 1.45. The van der Waals surface area contributed by atoms with Gasteiger partial charge in [-0.1, -0.05) is 11.6 Å². The van der Waals surface area contributed by atoms with Gasteiger partial charge < -0.3 is 0 Å². The van der Waals surface area contributed by atoms with Crippen molar-refractivity contribution >= 4 is 49.9 Å². The van der Waals surface area contributed by atoms with Crippen LogP contribution in [0.1, 0.15) is 27.3 Å². The predicted molar refractivity (Wildman–Crippen MR) is 79.0 cm³/mol. The molecule has 1 aliphatic carbocycles. The van der Waals surface area contributed by atoms with E-state index in [2.05, 4.69) is 31.2 Å². The number of nitrogens with zero attached hydrogens (tertiary/aromatic N) is 2. The molecule has 19 heavy (non-hydrogen) atoms. The summed E-state index contributed by atoms with van der Waals surface area (Å²) in [7, 11) is 0. The van der Waals surface area contributed by atoms with Crippen molar-refractivity contribution in [2.75, 3.05) is 5.32 Å². The number of aromatic nitrogens is 2. The van der Waals surface area contributed by atoms with Crippen LogP contribution in [0.3, 0.4) is 0 Å². The number of carbonyl (C=O) groups is 1. The molecule has 1 amide bonds. The number of aryl methyl sites for hydroxylation is 2. The smallest absolute Gasteiger partial charge is 0.260 e. The van der Waals surface area contributed by atoms with E-state index in [4.69, 9.17) is 11.6 Å². The summed E-state index contributed by atoms with van der Waals surface area (Å²) in [5.74, 6) is -0.286. The third kappa shape index (κ3) is 2.66. The average Bonchev–Trinajstić information content (AvgIpc) is 2.92. The van der Waals surface area contributed by atoms with Crippen LogP contribution < -0.4 is 5.32 Å². The minimum absolute atomic E-state index is 0.185. The van der Waals surface area contributed by atoms with E-state index in [1.54, 1.807) is 12.3 Å². The van der Waals surface area contributed by atoms with Crippen LogP contribution in [0.2, 0.25) is 5.15 Å². The number of carbonyl (C=O) groups excluding carboxylic acids is 1. The van der Waals surface area contributed by atoms with Crippen molar-refractivity contribution in [2.24, 2.45) is 0 Å². The van der Waals surface area contributed by atoms with Crippen LogP contribution in [0.15, 0.2) is 16.7 Å². The zero-order valence-electron chi connectivity index (χ0n) is 9.74. The van der Waals surface area contributed by atoms with Gasteiger partial charge in [0.05, 0.1) is 11.3 Å². The minimum atomic E-state index is -0.286. The van der Waals surface area contributed by atoms with Gasteiger partial charge >= 0.3 is 0 Å². The standard InChI is InChI=1S/C12H9BrClN3OS/c13-6-4-7(10(14)15-5-6)11(18)17-12-16-8-2-1-3-9(8)19-12/h4-5H,1-3H2,(H,16,17,18). The lowest BCUT2D eigenvalue weighted by Crippen LogP contribution is -2.13. The summed E-state index contributed by atoms with van der Waals surface area (Å²) < 4.78 is 0.712. The van der Waals surface area contributed by atoms with Crippen molar-refractivity contribution in [1.29, 1.82) is 0 Å². The number of pyridine rings is 1. The molecular formula is C12H9BrClN3OS. The van der Waals surface area contributed by atoms with Gasteiger partial charge in [0.1, 0.15) is 5.15 Å². The first-order valence-corrected chi connectivity index (χ1v) is 7.73. The second kappa shape index (κ2) is 5.19. The predicted octanol–water partition coefficient (Wildman–Crippen LogP) is 3.70. The van der Waals surface area contributed by atoms with Gasteiger partial charge in [0.15, 0.2) is 5.13 Å². The Morgan fingerprint density at radius 1 is 1.47 bits per heavy atom. The van der Waals surface area contributed by atoms with E-state index < -0.39 is 0 Å². The fraction of sp³-hybridized carbons (Fsp3) is 0.250. The molecule has 0 unspecified atom stereocenters. The first-order chi connectivity index (χ1) is 9.13. The van der Waals surface area contributed by atoms with Gasteiger partial charge in [-0.05, 0) is 41.3 Å². The van der Waals surface area contributed by atoms with E-state index in [1.165, 1.54) is 16.2 Å². The normalized spacial score (nSPS) is 13.4. The third-order valence-electron chi connectivity index (χ3n) is 2.87. The lowest BCUT2D eigenvalue weighted by atomic mass is 10.3. The average molecular weight is 359 g/mol. The molecule has 2 aromatic rings. The number of hydrogen-bond donors (Lipinski definition) is 1. The summed E-state index contributed by atoms with van der Waals surface area (Å²) in [6, 6.07) is 1.64. The van der Waals surface area contributed by atoms with Crippen LogP contribution in [0.25, 0.3) is 0 Å². The Morgan fingerprint density at radius 3 is 3.11 bits per heavy atom. The van der Waals surface area contributed by atoms with Crippen LogP contribution in [0.4, 0.5) is 5.13 Å². The monoisotopic (exact) mass is 357 g/mol. The highest BCUT2D eigenvalue weighted by Gasteiger charge is 2.19. The van der Waals surface area contributed by atoms with Crippen LogP contribution in [0.5, 0.6) is 0 Å². The quantitative estimate of drug-likeness (QED) is 0.833. The Kier molecular flexibility index (Phi) is 3.56. The number of thiazole rings is 1. The zero-order chi connectivity index (χ0) is 13.4. The molecule has 2 heterocycles. The van der Waals surface area contributed by atoms with Gasteiger partial charge in [0.25, 0.3) is 5.91 Å². The molecule has 7 heteroatoms. The molecule has 0 saturated heterocycles. The lowest BCUT2D eigenvalue weighted by Gasteiger charge is -2.04. The summed E-state index contributed by atoms with van der Waals surface area (Å²) in [6.07, 6.45) is 4.77. The Balaban J connectivity index is 1.82. The molecule has 0 fully saturated rings. The molecule has 4 nitrogen and oxygen atoms in total. The van der Waals surface area contributed by atoms with Gasteiger partial charge in [0.2, 0.25) is 0 Å². The molecule has 0 saturated carbocycles. The van der Waals surface area contributed by atoms with E-state index in [-0.39, 0.29) is 11.1 Å². The largest absolute Gasteiger partial charge is 0.298 e. The molecule has 0 spiro atoms. The van der Waals surface area contributed by atoms with Gasteiger partial charge in [0, 0.05) is 15.5 Å². The molecule has 0 atom stereocenters. The summed E-state index contributed by atoms with van der Waals surface area (Å²) in [6.45, 7) is 0. The molecule has 0 aliphatic heterocycles. The fourth-order valence-corrected chi connectivity index (χ4v) is 3.56. The highest BCUT2D eigenvalue weighted by atomic mass is 79.9. The van der Waals surface area contributed by atoms with E-state index in [0.717, 1.165) is 25.0 Å². The van der Waals surface area contributed by atoms with Crippen molar-refractivity contribution in [1.82, 2.24) is 9.97 Å². The highest BCUT2D eigenvalue weighted by molar-refractivity contribution is 9.10. The van der Waals surface area contributed by atoms with E-state index in [1.807, 2.05) is 0 Å².